The highest BCUT2D eigenvalue weighted by molar-refractivity contribution is 6.07. The number of rotatable bonds is 4. The molecule has 4 nitrogen and oxygen atoms in total. The fourth-order valence-corrected chi connectivity index (χ4v) is 1.84. The molecule has 0 saturated heterocycles. The third-order valence-electron chi connectivity index (χ3n) is 3.07. The van der Waals surface area contributed by atoms with Crippen molar-refractivity contribution in [1.29, 1.82) is 0 Å². The number of carbonyl (C=O) groups excluding carboxylic acids is 1. The Balaban J connectivity index is 2.15. The van der Waals surface area contributed by atoms with E-state index in [2.05, 4.69) is 0 Å². The highest BCUT2D eigenvalue weighted by atomic mass is 16.3. The number of hydrogen-bond acceptors (Lipinski definition) is 4. The normalized spacial score (nSPS) is 10.8. The Labute approximate surface area is 123 Å². The molecule has 2 aromatic rings. The van der Waals surface area contributed by atoms with Crippen LogP contribution < -0.4 is 15.1 Å². The van der Waals surface area contributed by atoms with E-state index in [0.717, 1.165) is 11.8 Å². The van der Waals surface area contributed by atoms with Gasteiger partial charge in [-0.2, -0.15) is 0 Å². The average Bonchev–Trinajstić information content (AvgIpc) is 2.46. The second kappa shape index (κ2) is 6.13. The predicted molar refractivity (Wildman–Crippen MR) is 79.5 cm³/mol. The van der Waals surface area contributed by atoms with Crippen molar-refractivity contribution in [2.45, 2.75) is 0 Å². The minimum Gasteiger partial charge on any atom is -0.872 e. The minimum absolute atomic E-state index is 0.189. The van der Waals surface area contributed by atoms with Crippen LogP contribution in [0.15, 0.2) is 48.5 Å². The van der Waals surface area contributed by atoms with Gasteiger partial charge in [0.2, 0.25) is 0 Å². The first-order valence-electron chi connectivity index (χ1n) is 6.45. The van der Waals surface area contributed by atoms with Gasteiger partial charge in [-0.15, -0.1) is 11.5 Å². The van der Waals surface area contributed by atoms with Gasteiger partial charge in [-0.1, -0.05) is 24.3 Å². The predicted octanol–water partition coefficient (Wildman–Crippen LogP) is 1.80. The molecule has 4 heteroatoms. The maximum absolute atomic E-state index is 12.0. The van der Waals surface area contributed by atoms with Gasteiger partial charge in [-0.05, 0) is 35.9 Å². The number of nitrogens with zero attached hydrogens (tertiary/aromatic N) is 1. The lowest BCUT2D eigenvalue weighted by atomic mass is 10.1. The summed E-state index contributed by atoms with van der Waals surface area (Å²) in [5, 5.41) is 22.5. The lowest BCUT2D eigenvalue weighted by Gasteiger charge is -2.14. The lowest BCUT2D eigenvalue weighted by molar-refractivity contribution is -0.280. The van der Waals surface area contributed by atoms with Crippen LogP contribution in [0, 0.1) is 0 Å². The standard InChI is InChI=1S/C17H17NO3/c1-18(2)14-7-3-12(4-8-14)16(20)10-6-13-5-9-15(19)11-17(13)21/h3-11,19,21H,1-2H3/p-2/b10-6+. The fraction of sp³-hybridized carbons (Fsp3) is 0.118. The highest BCUT2D eigenvalue weighted by Gasteiger charge is 2.02. The maximum Gasteiger partial charge on any atom is 0.185 e. The Morgan fingerprint density at radius 1 is 1.05 bits per heavy atom. The number of ketones is 1. The molecule has 0 aromatic heterocycles. The second-order valence-electron chi connectivity index (χ2n) is 4.84. The second-order valence-corrected chi connectivity index (χ2v) is 4.84. The van der Waals surface area contributed by atoms with Crippen molar-refractivity contribution in [2.24, 2.45) is 0 Å². The molecule has 2 aromatic carbocycles. The molecule has 2 rings (SSSR count). The third kappa shape index (κ3) is 3.63. The number of anilines is 1. The van der Waals surface area contributed by atoms with Gasteiger partial charge in [0.25, 0.3) is 0 Å². The Morgan fingerprint density at radius 3 is 2.29 bits per heavy atom. The molecule has 0 N–H and O–H groups in total. The summed E-state index contributed by atoms with van der Waals surface area (Å²) in [7, 11) is 3.85. The van der Waals surface area contributed by atoms with E-state index in [1.54, 1.807) is 12.1 Å². The molecule has 0 atom stereocenters. The zero-order valence-corrected chi connectivity index (χ0v) is 11.9. The first-order chi connectivity index (χ1) is 9.97. The average molecular weight is 281 g/mol. The number of allylic oxidation sites excluding steroid dienone is 1. The van der Waals surface area contributed by atoms with E-state index in [-0.39, 0.29) is 17.3 Å². The van der Waals surface area contributed by atoms with Crippen molar-refractivity contribution >= 4 is 17.5 Å². The molecular formula is C17H15NO3-2. The van der Waals surface area contributed by atoms with Crippen molar-refractivity contribution in [1.82, 2.24) is 0 Å². The number of hydrogen-bond donors (Lipinski definition) is 0. The first kappa shape index (κ1) is 14.7. The van der Waals surface area contributed by atoms with E-state index >= 15 is 0 Å². The van der Waals surface area contributed by atoms with Crippen LogP contribution in [0.2, 0.25) is 0 Å². The van der Waals surface area contributed by atoms with E-state index < -0.39 is 0 Å². The minimum atomic E-state index is -0.380. The Bertz CT molecular complexity index is 673. The smallest absolute Gasteiger partial charge is 0.185 e. The molecule has 0 amide bonds. The van der Waals surface area contributed by atoms with Crippen LogP contribution in [0.1, 0.15) is 15.9 Å². The van der Waals surface area contributed by atoms with Gasteiger partial charge in [0.15, 0.2) is 5.78 Å². The number of carbonyl (C=O) groups is 1. The summed E-state index contributed by atoms with van der Waals surface area (Å²) in [6.45, 7) is 0. The molecule has 0 aliphatic rings. The Kier molecular flexibility index (Phi) is 4.28. The van der Waals surface area contributed by atoms with Gasteiger partial charge in [0.1, 0.15) is 0 Å². The van der Waals surface area contributed by atoms with Crippen LogP contribution in [0.5, 0.6) is 11.5 Å². The Morgan fingerprint density at radius 2 is 1.71 bits per heavy atom. The van der Waals surface area contributed by atoms with Gasteiger partial charge < -0.3 is 15.1 Å². The quantitative estimate of drug-likeness (QED) is 0.633. The summed E-state index contributed by atoms with van der Waals surface area (Å²) >= 11 is 0. The third-order valence-corrected chi connectivity index (χ3v) is 3.07. The van der Waals surface area contributed by atoms with Crippen LogP contribution in [0.3, 0.4) is 0 Å². The largest absolute Gasteiger partial charge is 0.872 e. The first-order valence-corrected chi connectivity index (χ1v) is 6.45. The molecule has 0 fully saturated rings. The van der Waals surface area contributed by atoms with E-state index in [4.69, 9.17) is 0 Å². The summed E-state index contributed by atoms with van der Waals surface area (Å²) < 4.78 is 0. The topological polar surface area (TPSA) is 66.4 Å². The van der Waals surface area contributed by atoms with Gasteiger partial charge in [0.05, 0.1) is 0 Å². The van der Waals surface area contributed by atoms with E-state index in [1.165, 1.54) is 24.3 Å². The van der Waals surface area contributed by atoms with Crippen LogP contribution in [0.4, 0.5) is 5.69 Å². The maximum atomic E-state index is 12.0. The molecule has 21 heavy (non-hydrogen) atoms. The van der Waals surface area contributed by atoms with Gasteiger partial charge >= 0.3 is 0 Å². The zero-order chi connectivity index (χ0) is 15.4. The van der Waals surface area contributed by atoms with Crippen molar-refractivity contribution in [2.75, 3.05) is 19.0 Å². The molecule has 108 valence electrons. The lowest BCUT2D eigenvalue weighted by Crippen LogP contribution is -2.08. The molecule has 0 spiro atoms. The van der Waals surface area contributed by atoms with Gasteiger partial charge in [-0.3, -0.25) is 4.79 Å². The molecule has 0 aliphatic heterocycles. The summed E-state index contributed by atoms with van der Waals surface area (Å²) in [6, 6.07) is 10.9. The summed E-state index contributed by atoms with van der Waals surface area (Å²) in [4.78, 5) is 14.0. The Hall–Kier alpha value is -2.75. The molecular weight excluding hydrogens is 266 g/mol. The summed E-state index contributed by atoms with van der Waals surface area (Å²) in [6.07, 6.45) is 2.77. The van der Waals surface area contributed by atoms with Crippen molar-refractivity contribution in [3.63, 3.8) is 0 Å². The van der Waals surface area contributed by atoms with Crippen molar-refractivity contribution in [3.8, 4) is 11.5 Å². The molecule has 0 unspecified atom stereocenters. The monoisotopic (exact) mass is 281 g/mol. The molecule has 0 aliphatic carbocycles. The van der Waals surface area contributed by atoms with Crippen LogP contribution in [-0.4, -0.2) is 19.9 Å². The molecule has 0 radical (unpaired) electrons. The van der Waals surface area contributed by atoms with Gasteiger partial charge in [0, 0.05) is 25.3 Å². The van der Waals surface area contributed by atoms with E-state index in [1.807, 2.05) is 31.1 Å². The summed E-state index contributed by atoms with van der Waals surface area (Å²) in [5.41, 5.74) is 1.88. The zero-order valence-electron chi connectivity index (χ0n) is 11.9. The fourth-order valence-electron chi connectivity index (χ4n) is 1.84. The van der Waals surface area contributed by atoms with Crippen molar-refractivity contribution < 1.29 is 15.0 Å². The van der Waals surface area contributed by atoms with Crippen LogP contribution in [-0.2, 0) is 0 Å². The number of benzene rings is 2. The van der Waals surface area contributed by atoms with Crippen molar-refractivity contribution in [3.05, 3.63) is 59.7 Å². The molecule has 0 heterocycles. The van der Waals surface area contributed by atoms with Crippen LogP contribution in [0.25, 0.3) is 6.08 Å². The van der Waals surface area contributed by atoms with Crippen LogP contribution >= 0.6 is 0 Å². The van der Waals surface area contributed by atoms with E-state index in [0.29, 0.717) is 11.1 Å². The van der Waals surface area contributed by atoms with Gasteiger partial charge in [-0.25, -0.2) is 0 Å². The molecule has 0 bridgehead atoms. The van der Waals surface area contributed by atoms with E-state index in [9.17, 15) is 15.0 Å². The SMILES string of the molecule is CN(C)c1ccc(C(=O)/C=C/c2ccc([O-])cc2[O-])cc1. The highest BCUT2D eigenvalue weighted by Crippen LogP contribution is 2.20. The summed E-state index contributed by atoms with van der Waals surface area (Å²) in [5.74, 6) is -0.900. The molecule has 0 saturated carbocycles.